The van der Waals surface area contributed by atoms with Gasteiger partial charge in [0.1, 0.15) is 0 Å². The average Bonchev–Trinajstić information content (AvgIpc) is 2.53. The molecule has 0 spiro atoms. The summed E-state index contributed by atoms with van der Waals surface area (Å²) in [6.07, 6.45) is 5.48. The molecule has 0 aromatic carbocycles. The highest BCUT2D eigenvalue weighted by atomic mass is 127. The van der Waals surface area contributed by atoms with Crippen molar-refractivity contribution in [3.05, 3.63) is 38.8 Å². The summed E-state index contributed by atoms with van der Waals surface area (Å²) >= 11 is 5.54. The molecule has 13 heavy (non-hydrogen) atoms. The van der Waals surface area contributed by atoms with Crippen LogP contribution in [0.25, 0.3) is 5.82 Å². The molecular weight excluding hydrogens is 345 g/mol. The first-order valence-electron chi connectivity index (χ1n) is 3.58. The molecule has 2 aromatic heterocycles. The largest absolute Gasteiger partial charge is 0.236 e. The van der Waals surface area contributed by atoms with Gasteiger partial charge < -0.3 is 0 Å². The molecule has 0 saturated carbocycles. The van der Waals surface area contributed by atoms with Crippen LogP contribution in [0.2, 0.25) is 0 Å². The molecule has 0 N–H and O–H groups in total. The maximum absolute atomic E-state index is 4.21. The van der Waals surface area contributed by atoms with Gasteiger partial charge in [0.2, 0.25) is 0 Å². The molecular formula is C8H5BrIN3. The van der Waals surface area contributed by atoms with Gasteiger partial charge >= 0.3 is 0 Å². The van der Waals surface area contributed by atoms with E-state index in [0.717, 1.165) is 13.9 Å². The van der Waals surface area contributed by atoms with E-state index in [0.29, 0.717) is 0 Å². The fourth-order valence-corrected chi connectivity index (χ4v) is 1.55. The summed E-state index contributed by atoms with van der Waals surface area (Å²) in [5.74, 6) is 0.825. The SMILES string of the molecule is Brc1ccc(-n2cc(I)cn2)nc1. The number of nitrogens with zero attached hydrogens (tertiary/aromatic N) is 3. The van der Waals surface area contributed by atoms with E-state index in [1.807, 2.05) is 18.3 Å². The van der Waals surface area contributed by atoms with Crippen molar-refractivity contribution in [2.24, 2.45) is 0 Å². The van der Waals surface area contributed by atoms with Gasteiger partial charge in [-0.05, 0) is 50.7 Å². The van der Waals surface area contributed by atoms with Crippen molar-refractivity contribution in [2.75, 3.05) is 0 Å². The Morgan fingerprint density at radius 2 is 2.15 bits per heavy atom. The molecule has 3 nitrogen and oxygen atoms in total. The highest BCUT2D eigenvalue weighted by Crippen LogP contribution is 2.11. The molecule has 0 fully saturated rings. The van der Waals surface area contributed by atoms with Crippen LogP contribution in [0, 0.1) is 3.57 Å². The first-order valence-corrected chi connectivity index (χ1v) is 5.45. The summed E-state index contributed by atoms with van der Waals surface area (Å²) in [6, 6.07) is 3.85. The maximum Gasteiger partial charge on any atom is 0.153 e. The summed E-state index contributed by atoms with van der Waals surface area (Å²) < 4.78 is 3.81. The molecule has 0 aliphatic carbocycles. The van der Waals surface area contributed by atoms with E-state index in [1.54, 1.807) is 17.1 Å². The van der Waals surface area contributed by atoms with Crippen LogP contribution in [0.5, 0.6) is 0 Å². The topological polar surface area (TPSA) is 30.7 Å². The maximum atomic E-state index is 4.21. The third-order valence-electron chi connectivity index (χ3n) is 1.50. The van der Waals surface area contributed by atoms with Gasteiger partial charge in [-0.1, -0.05) is 0 Å². The van der Waals surface area contributed by atoms with Gasteiger partial charge in [0.15, 0.2) is 5.82 Å². The second-order valence-electron chi connectivity index (χ2n) is 2.44. The Kier molecular flexibility index (Phi) is 2.63. The van der Waals surface area contributed by atoms with E-state index >= 15 is 0 Å². The standard InChI is InChI=1S/C8H5BrIN3/c9-6-1-2-8(11-3-6)13-5-7(10)4-12-13/h1-5H. The summed E-state index contributed by atoms with van der Waals surface area (Å²) in [7, 11) is 0. The van der Waals surface area contributed by atoms with Crippen LogP contribution < -0.4 is 0 Å². The normalized spacial score (nSPS) is 10.3. The molecule has 0 aliphatic heterocycles. The lowest BCUT2D eigenvalue weighted by Gasteiger charge is -1.98. The van der Waals surface area contributed by atoms with Crippen molar-refractivity contribution >= 4 is 38.5 Å². The van der Waals surface area contributed by atoms with Crippen molar-refractivity contribution in [2.45, 2.75) is 0 Å². The van der Waals surface area contributed by atoms with Gasteiger partial charge in [-0.15, -0.1) is 0 Å². The Bertz CT molecular complexity index is 410. The Morgan fingerprint density at radius 3 is 2.69 bits per heavy atom. The number of rotatable bonds is 1. The molecule has 0 bridgehead atoms. The molecule has 0 radical (unpaired) electrons. The van der Waals surface area contributed by atoms with Crippen molar-refractivity contribution in [3.8, 4) is 5.82 Å². The van der Waals surface area contributed by atoms with Gasteiger partial charge in [0, 0.05) is 16.9 Å². The Labute approximate surface area is 97.4 Å². The summed E-state index contributed by atoms with van der Waals surface area (Å²) in [5.41, 5.74) is 0. The number of pyridine rings is 1. The van der Waals surface area contributed by atoms with E-state index < -0.39 is 0 Å². The lowest BCUT2D eigenvalue weighted by atomic mass is 10.5. The van der Waals surface area contributed by atoms with Crippen LogP contribution in [0.1, 0.15) is 0 Å². The minimum Gasteiger partial charge on any atom is -0.236 e. The van der Waals surface area contributed by atoms with E-state index in [9.17, 15) is 0 Å². The van der Waals surface area contributed by atoms with Crippen molar-refractivity contribution < 1.29 is 0 Å². The molecule has 0 aliphatic rings. The third kappa shape index (κ3) is 2.08. The third-order valence-corrected chi connectivity index (χ3v) is 2.52. The van der Waals surface area contributed by atoms with E-state index in [4.69, 9.17) is 0 Å². The van der Waals surface area contributed by atoms with Crippen LogP contribution in [-0.2, 0) is 0 Å². The van der Waals surface area contributed by atoms with Crippen molar-refractivity contribution in [1.82, 2.24) is 14.8 Å². The fourth-order valence-electron chi connectivity index (χ4n) is 0.930. The van der Waals surface area contributed by atoms with Crippen LogP contribution in [0.15, 0.2) is 35.2 Å². The van der Waals surface area contributed by atoms with E-state index in [2.05, 4.69) is 48.6 Å². The molecule has 0 saturated heterocycles. The Hall–Kier alpha value is -0.430. The minimum atomic E-state index is 0.825. The predicted octanol–water partition coefficient (Wildman–Crippen LogP) is 2.63. The predicted molar refractivity (Wildman–Crippen MR) is 61.8 cm³/mol. The molecule has 66 valence electrons. The van der Waals surface area contributed by atoms with Crippen LogP contribution >= 0.6 is 38.5 Å². The van der Waals surface area contributed by atoms with Crippen LogP contribution in [0.3, 0.4) is 0 Å². The smallest absolute Gasteiger partial charge is 0.153 e. The molecule has 2 heterocycles. The van der Waals surface area contributed by atoms with Crippen molar-refractivity contribution in [1.29, 1.82) is 0 Å². The number of halogens is 2. The molecule has 0 atom stereocenters. The second kappa shape index (κ2) is 3.75. The van der Waals surface area contributed by atoms with Gasteiger partial charge in [-0.3, -0.25) is 0 Å². The van der Waals surface area contributed by atoms with Gasteiger partial charge in [0.25, 0.3) is 0 Å². The summed E-state index contributed by atoms with van der Waals surface area (Å²) in [4.78, 5) is 4.21. The molecule has 2 aromatic rings. The van der Waals surface area contributed by atoms with Gasteiger partial charge in [-0.2, -0.15) is 5.10 Å². The zero-order valence-electron chi connectivity index (χ0n) is 6.48. The molecule has 0 unspecified atom stereocenters. The summed E-state index contributed by atoms with van der Waals surface area (Å²) in [5, 5.41) is 4.15. The fraction of sp³-hybridized carbons (Fsp3) is 0. The zero-order chi connectivity index (χ0) is 9.26. The molecule has 0 amide bonds. The average molecular weight is 350 g/mol. The first-order chi connectivity index (χ1) is 6.25. The number of hydrogen-bond donors (Lipinski definition) is 0. The summed E-state index contributed by atoms with van der Waals surface area (Å²) in [6.45, 7) is 0. The van der Waals surface area contributed by atoms with E-state index in [-0.39, 0.29) is 0 Å². The minimum absolute atomic E-state index is 0.825. The van der Waals surface area contributed by atoms with Crippen LogP contribution in [-0.4, -0.2) is 14.8 Å². The number of hydrogen-bond acceptors (Lipinski definition) is 2. The Balaban J connectivity index is 2.41. The highest BCUT2D eigenvalue weighted by molar-refractivity contribution is 14.1. The van der Waals surface area contributed by atoms with Gasteiger partial charge in [0.05, 0.1) is 9.77 Å². The van der Waals surface area contributed by atoms with E-state index in [1.165, 1.54) is 0 Å². The lowest BCUT2D eigenvalue weighted by Crippen LogP contribution is -1.96. The molecule has 5 heteroatoms. The van der Waals surface area contributed by atoms with Crippen LogP contribution in [0.4, 0.5) is 0 Å². The zero-order valence-corrected chi connectivity index (χ0v) is 10.2. The molecule has 2 rings (SSSR count). The highest BCUT2D eigenvalue weighted by Gasteiger charge is 1.98. The van der Waals surface area contributed by atoms with Crippen molar-refractivity contribution in [3.63, 3.8) is 0 Å². The lowest BCUT2D eigenvalue weighted by molar-refractivity contribution is 0.846. The van der Waals surface area contributed by atoms with Gasteiger partial charge in [-0.25, -0.2) is 9.67 Å². The first kappa shape index (κ1) is 9.14. The quantitative estimate of drug-likeness (QED) is 0.741. The second-order valence-corrected chi connectivity index (χ2v) is 4.60. The monoisotopic (exact) mass is 349 g/mol. The Morgan fingerprint density at radius 1 is 1.31 bits per heavy atom. The number of aromatic nitrogens is 3.